The van der Waals surface area contributed by atoms with Crippen LogP contribution >= 0.6 is 0 Å². The van der Waals surface area contributed by atoms with Gasteiger partial charge in [-0.2, -0.15) is 0 Å². The Balaban J connectivity index is 1.97. The summed E-state index contributed by atoms with van der Waals surface area (Å²) in [4.78, 5) is 27.8. The molecule has 1 aliphatic heterocycles. The van der Waals surface area contributed by atoms with Crippen LogP contribution in [0.25, 0.3) is 5.76 Å². The van der Waals surface area contributed by atoms with E-state index in [9.17, 15) is 19.8 Å². The molecule has 5 nitrogen and oxygen atoms in total. The number of benzene rings is 3. The predicted octanol–water partition coefficient (Wildman–Crippen LogP) is 4.94. The maximum atomic E-state index is 13.2. The van der Waals surface area contributed by atoms with Gasteiger partial charge in [0, 0.05) is 11.3 Å². The number of carbonyl (C=O) groups is 2. The van der Waals surface area contributed by atoms with Crippen LogP contribution in [0, 0.1) is 20.8 Å². The zero-order valence-corrected chi connectivity index (χ0v) is 17.6. The molecule has 156 valence electrons. The molecule has 0 saturated carbocycles. The first-order chi connectivity index (χ1) is 14.8. The topological polar surface area (TPSA) is 77.8 Å². The van der Waals surface area contributed by atoms with Crippen LogP contribution in [0.2, 0.25) is 0 Å². The highest BCUT2D eigenvalue weighted by molar-refractivity contribution is 6.51. The van der Waals surface area contributed by atoms with Crippen LogP contribution in [-0.4, -0.2) is 21.9 Å². The molecule has 1 amide bonds. The van der Waals surface area contributed by atoms with Crippen molar-refractivity contribution in [1.82, 2.24) is 0 Å². The number of anilines is 1. The fourth-order valence-electron chi connectivity index (χ4n) is 3.90. The van der Waals surface area contributed by atoms with E-state index in [4.69, 9.17) is 0 Å². The number of rotatable bonds is 3. The fourth-order valence-corrected chi connectivity index (χ4v) is 3.90. The van der Waals surface area contributed by atoms with E-state index in [0.717, 1.165) is 16.7 Å². The van der Waals surface area contributed by atoms with Gasteiger partial charge in [0.2, 0.25) is 0 Å². The van der Waals surface area contributed by atoms with Gasteiger partial charge in [0.15, 0.2) is 0 Å². The number of hydrogen-bond acceptors (Lipinski definition) is 4. The Morgan fingerprint density at radius 3 is 2.10 bits per heavy atom. The first-order valence-electron chi connectivity index (χ1n) is 10.0. The number of phenolic OH excluding ortho intramolecular Hbond substituents is 1. The highest BCUT2D eigenvalue weighted by atomic mass is 16.3. The predicted molar refractivity (Wildman–Crippen MR) is 120 cm³/mol. The zero-order valence-electron chi connectivity index (χ0n) is 17.6. The van der Waals surface area contributed by atoms with Gasteiger partial charge in [0.1, 0.15) is 11.5 Å². The van der Waals surface area contributed by atoms with E-state index in [0.29, 0.717) is 16.8 Å². The molecule has 3 aromatic carbocycles. The highest BCUT2D eigenvalue weighted by Crippen LogP contribution is 2.43. The molecule has 0 bridgehead atoms. The summed E-state index contributed by atoms with van der Waals surface area (Å²) in [6.07, 6.45) is 0. The van der Waals surface area contributed by atoms with Crippen LogP contribution in [-0.2, 0) is 9.59 Å². The van der Waals surface area contributed by atoms with Crippen LogP contribution in [0.5, 0.6) is 5.75 Å². The zero-order chi connectivity index (χ0) is 22.3. The summed E-state index contributed by atoms with van der Waals surface area (Å²) < 4.78 is 0. The first kappa shape index (κ1) is 20.4. The van der Waals surface area contributed by atoms with Gasteiger partial charge in [-0.05, 0) is 55.7 Å². The Morgan fingerprint density at radius 2 is 1.45 bits per heavy atom. The van der Waals surface area contributed by atoms with Crippen molar-refractivity contribution in [2.24, 2.45) is 0 Å². The fraction of sp³-hybridized carbons (Fsp3) is 0.154. The molecular formula is C26H23NO4. The minimum absolute atomic E-state index is 0.0282. The molecule has 0 radical (unpaired) electrons. The number of aryl methyl sites for hydroxylation is 3. The molecule has 1 fully saturated rings. The Morgan fingerprint density at radius 1 is 0.839 bits per heavy atom. The summed E-state index contributed by atoms with van der Waals surface area (Å²) in [6.45, 7) is 5.73. The molecule has 0 aliphatic carbocycles. The highest BCUT2D eigenvalue weighted by Gasteiger charge is 2.47. The van der Waals surface area contributed by atoms with Gasteiger partial charge in [-0.25, -0.2) is 0 Å². The lowest BCUT2D eigenvalue weighted by atomic mass is 9.94. The molecule has 4 rings (SSSR count). The molecule has 1 unspecified atom stereocenters. The van der Waals surface area contributed by atoms with Gasteiger partial charge in [-0.1, -0.05) is 54.1 Å². The monoisotopic (exact) mass is 413 g/mol. The number of nitrogens with zero attached hydrogens (tertiary/aromatic N) is 1. The van der Waals surface area contributed by atoms with Crippen molar-refractivity contribution >= 4 is 23.1 Å². The Hall–Kier alpha value is -3.86. The number of Topliss-reactive ketones (excluding diaryl/α,β-unsaturated/α-hetero) is 1. The second kappa shape index (κ2) is 7.76. The molecular weight excluding hydrogens is 390 g/mol. The smallest absolute Gasteiger partial charge is 0.300 e. The maximum Gasteiger partial charge on any atom is 0.300 e. The number of aromatic hydroxyl groups is 1. The number of hydrogen-bond donors (Lipinski definition) is 2. The van der Waals surface area contributed by atoms with Crippen molar-refractivity contribution < 1.29 is 19.8 Å². The first-order valence-corrected chi connectivity index (χ1v) is 10.0. The van der Waals surface area contributed by atoms with Gasteiger partial charge in [-0.3, -0.25) is 14.5 Å². The van der Waals surface area contributed by atoms with E-state index in [1.807, 2.05) is 51.1 Å². The second-order valence-electron chi connectivity index (χ2n) is 7.92. The molecule has 3 aromatic rings. The summed E-state index contributed by atoms with van der Waals surface area (Å²) in [5.41, 5.74) is 4.53. The van der Waals surface area contributed by atoms with E-state index >= 15 is 0 Å². The van der Waals surface area contributed by atoms with Crippen molar-refractivity contribution in [2.45, 2.75) is 26.8 Å². The summed E-state index contributed by atoms with van der Waals surface area (Å²) in [7, 11) is 0. The number of phenols is 1. The van der Waals surface area contributed by atoms with Gasteiger partial charge in [0.25, 0.3) is 11.7 Å². The van der Waals surface area contributed by atoms with Crippen LogP contribution < -0.4 is 4.90 Å². The van der Waals surface area contributed by atoms with Crippen LogP contribution in [0.15, 0.2) is 72.3 Å². The van der Waals surface area contributed by atoms with Gasteiger partial charge in [0.05, 0.1) is 11.6 Å². The third-order valence-electron chi connectivity index (χ3n) is 5.60. The number of aliphatic hydroxyl groups is 1. The Bertz CT molecular complexity index is 1210. The lowest BCUT2D eigenvalue weighted by Crippen LogP contribution is -2.30. The molecule has 1 saturated heterocycles. The van der Waals surface area contributed by atoms with Crippen LogP contribution in [0.4, 0.5) is 5.69 Å². The minimum atomic E-state index is -0.817. The van der Waals surface area contributed by atoms with Crippen molar-refractivity contribution in [3.63, 3.8) is 0 Å². The number of amides is 1. The Labute approximate surface area is 180 Å². The van der Waals surface area contributed by atoms with E-state index in [-0.39, 0.29) is 17.1 Å². The van der Waals surface area contributed by atoms with E-state index in [1.165, 1.54) is 17.0 Å². The summed E-state index contributed by atoms with van der Waals surface area (Å²) in [6, 6.07) is 18.3. The quantitative estimate of drug-likeness (QED) is 0.362. The van der Waals surface area contributed by atoms with Crippen LogP contribution in [0.1, 0.15) is 33.9 Å². The molecule has 1 heterocycles. The van der Waals surface area contributed by atoms with E-state index < -0.39 is 17.7 Å². The lowest BCUT2D eigenvalue weighted by molar-refractivity contribution is -0.132. The number of ketones is 1. The second-order valence-corrected chi connectivity index (χ2v) is 7.92. The lowest BCUT2D eigenvalue weighted by Gasteiger charge is -2.27. The average Bonchev–Trinajstić information content (AvgIpc) is 3.01. The normalized spacial score (nSPS) is 17.9. The standard InChI is InChI=1S/C26H23NO4/c1-15-5-8-19(9-6-15)24(29)22-23(18-10-12-20(28)13-11-18)27(26(31)25(22)30)21-14-16(2)4-7-17(21)3/h4-14,23,28-29H,1-3H3/b24-22+. The van der Waals surface area contributed by atoms with Gasteiger partial charge >= 0.3 is 0 Å². The third kappa shape index (κ3) is 3.59. The number of aliphatic hydroxyl groups excluding tert-OH is 1. The molecule has 2 N–H and O–H groups in total. The van der Waals surface area contributed by atoms with Gasteiger partial charge < -0.3 is 10.2 Å². The third-order valence-corrected chi connectivity index (χ3v) is 5.60. The van der Waals surface area contributed by atoms with E-state index in [1.54, 1.807) is 24.3 Å². The number of carbonyl (C=O) groups excluding carboxylic acids is 2. The van der Waals surface area contributed by atoms with Gasteiger partial charge in [-0.15, -0.1) is 0 Å². The Kier molecular flexibility index (Phi) is 5.11. The van der Waals surface area contributed by atoms with Crippen molar-refractivity contribution in [2.75, 3.05) is 4.90 Å². The van der Waals surface area contributed by atoms with Crippen molar-refractivity contribution in [3.05, 3.63) is 100 Å². The van der Waals surface area contributed by atoms with Crippen molar-refractivity contribution in [3.8, 4) is 5.75 Å². The summed E-state index contributed by atoms with van der Waals surface area (Å²) >= 11 is 0. The largest absolute Gasteiger partial charge is 0.508 e. The molecule has 0 aromatic heterocycles. The molecule has 0 spiro atoms. The molecule has 5 heteroatoms. The van der Waals surface area contributed by atoms with Crippen molar-refractivity contribution in [1.29, 1.82) is 0 Å². The summed E-state index contributed by atoms with van der Waals surface area (Å²) in [5, 5.41) is 20.8. The maximum absolute atomic E-state index is 13.2. The van der Waals surface area contributed by atoms with Crippen LogP contribution in [0.3, 0.4) is 0 Å². The van der Waals surface area contributed by atoms with E-state index in [2.05, 4.69) is 0 Å². The summed E-state index contributed by atoms with van der Waals surface area (Å²) in [5.74, 6) is -1.58. The average molecular weight is 413 g/mol. The molecule has 31 heavy (non-hydrogen) atoms. The molecule has 1 atom stereocenters. The SMILES string of the molecule is Cc1ccc(/C(O)=C2\C(=O)C(=O)N(c3cc(C)ccc3C)C2c2ccc(O)cc2)cc1. The molecule has 1 aliphatic rings. The minimum Gasteiger partial charge on any atom is -0.508 e.